The molecule has 7 nitrogen and oxygen atoms in total. The van der Waals surface area contributed by atoms with Gasteiger partial charge in [-0.3, -0.25) is 4.79 Å². The summed E-state index contributed by atoms with van der Waals surface area (Å²) in [5, 5.41) is 14.0. The predicted molar refractivity (Wildman–Crippen MR) is 119 cm³/mol. The lowest BCUT2D eigenvalue weighted by atomic mass is 9.82. The Morgan fingerprint density at radius 1 is 1.23 bits per heavy atom. The Balaban J connectivity index is 2.42. The zero-order valence-corrected chi connectivity index (χ0v) is 19.3. The van der Waals surface area contributed by atoms with Crippen molar-refractivity contribution in [2.75, 3.05) is 32.7 Å². The Morgan fingerprint density at radius 3 is 2.61 bits per heavy atom. The molecule has 31 heavy (non-hydrogen) atoms. The second-order valence-electron chi connectivity index (χ2n) is 6.61. The van der Waals surface area contributed by atoms with Crippen LogP contribution in [0.5, 0.6) is 0 Å². The van der Waals surface area contributed by atoms with Crippen molar-refractivity contribution in [2.24, 2.45) is 0 Å². The molecule has 166 valence electrons. The van der Waals surface area contributed by atoms with E-state index in [1.807, 2.05) is 6.92 Å². The van der Waals surface area contributed by atoms with Gasteiger partial charge in [-0.05, 0) is 25.0 Å². The summed E-state index contributed by atoms with van der Waals surface area (Å²) in [5.41, 5.74) is 1.70. The van der Waals surface area contributed by atoms with Crippen molar-refractivity contribution in [1.82, 2.24) is 5.32 Å². The van der Waals surface area contributed by atoms with Crippen LogP contribution < -0.4 is 5.32 Å². The van der Waals surface area contributed by atoms with E-state index in [4.69, 9.17) is 25.8 Å². The molecule has 0 saturated carbocycles. The number of ether oxygens (including phenoxy) is 3. The molecule has 2 rings (SSSR count). The number of nitriles is 1. The number of nitrogens with one attached hydrogen (secondary N) is 1. The van der Waals surface area contributed by atoms with Crippen LogP contribution in [0.25, 0.3) is 0 Å². The molecule has 1 aliphatic heterocycles. The van der Waals surface area contributed by atoms with Crippen LogP contribution in [0, 0.1) is 11.3 Å². The molecule has 0 spiro atoms. The maximum Gasteiger partial charge on any atom is 0.336 e. The lowest BCUT2D eigenvalue weighted by Crippen LogP contribution is -2.29. The topological polar surface area (TPSA) is 97.7 Å². The Bertz CT molecular complexity index is 923. The highest BCUT2D eigenvalue weighted by atomic mass is 35.5. The monoisotopic (exact) mass is 464 g/mol. The number of hydrogen-bond donors (Lipinski definition) is 1. The summed E-state index contributed by atoms with van der Waals surface area (Å²) < 4.78 is 15.4. The van der Waals surface area contributed by atoms with Crippen molar-refractivity contribution in [3.63, 3.8) is 0 Å². The van der Waals surface area contributed by atoms with E-state index in [2.05, 4.69) is 11.4 Å². The molecule has 1 N–H and O–H groups in total. The average Bonchev–Trinajstić information content (AvgIpc) is 2.76. The van der Waals surface area contributed by atoms with Gasteiger partial charge in [0, 0.05) is 17.8 Å². The summed E-state index contributed by atoms with van der Waals surface area (Å²) in [6.07, 6.45) is 0.728. The average molecular weight is 465 g/mol. The van der Waals surface area contributed by atoms with Crippen molar-refractivity contribution < 1.29 is 23.8 Å². The quantitative estimate of drug-likeness (QED) is 0.411. The largest absolute Gasteiger partial charge is 0.465 e. The zero-order chi connectivity index (χ0) is 22.8. The Hall–Kier alpha value is -2.47. The molecular formula is C22H25ClN2O5S. The number of methoxy groups -OCH3 is 1. The van der Waals surface area contributed by atoms with Crippen LogP contribution in [0.4, 0.5) is 0 Å². The number of thioether (sulfide) groups is 1. The molecule has 0 fully saturated rings. The first-order valence-corrected chi connectivity index (χ1v) is 11.1. The van der Waals surface area contributed by atoms with Crippen LogP contribution in [0.1, 0.15) is 31.7 Å². The fraction of sp³-hybridized carbons (Fsp3) is 0.409. The number of esters is 2. The number of dihydropyridines is 1. The van der Waals surface area contributed by atoms with Gasteiger partial charge in [-0.15, -0.1) is 0 Å². The first-order valence-electron chi connectivity index (χ1n) is 9.75. The van der Waals surface area contributed by atoms with Crippen LogP contribution in [-0.2, 0) is 23.8 Å². The van der Waals surface area contributed by atoms with Gasteiger partial charge in [0.1, 0.15) is 6.61 Å². The van der Waals surface area contributed by atoms with Crippen LogP contribution in [-0.4, -0.2) is 44.6 Å². The highest BCUT2D eigenvalue weighted by Crippen LogP contribution is 2.43. The second-order valence-corrected chi connectivity index (χ2v) is 8.00. The van der Waals surface area contributed by atoms with E-state index in [0.717, 1.165) is 18.2 Å². The second kappa shape index (κ2) is 12.4. The third-order valence-electron chi connectivity index (χ3n) is 4.41. The van der Waals surface area contributed by atoms with Gasteiger partial charge < -0.3 is 19.5 Å². The number of rotatable bonds is 10. The molecule has 0 aromatic heterocycles. The fourth-order valence-electron chi connectivity index (χ4n) is 3.00. The number of allylic oxidation sites excluding steroid dienone is 2. The molecule has 1 aromatic carbocycles. The van der Waals surface area contributed by atoms with Crippen molar-refractivity contribution in [3.05, 3.63) is 56.7 Å². The normalized spacial score (nSPS) is 15.9. The number of carbonyl (C=O) groups excluding carboxylic acids is 2. The van der Waals surface area contributed by atoms with E-state index in [0.29, 0.717) is 33.5 Å². The Morgan fingerprint density at radius 2 is 1.97 bits per heavy atom. The zero-order valence-electron chi connectivity index (χ0n) is 17.7. The molecule has 0 amide bonds. The van der Waals surface area contributed by atoms with Crippen molar-refractivity contribution in [2.45, 2.75) is 26.2 Å². The van der Waals surface area contributed by atoms with Crippen LogP contribution in [0.3, 0.4) is 0 Å². The van der Waals surface area contributed by atoms with Gasteiger partial charge in [-0.2, -0.15) is 5.26 Å². The van der Waals surface area contributed by atoms with Gasteiger partial charge in [0.15, 0.2) is 0 Å². The lowest BCUT2D eigenvalue weighted by Gasteiger charge is -2.29. The summed E-state index contributed by atoms with van der Waals surface area (Å²) in [4.78, 5) is 24.8. The van der Waals surface area contributed by atoms with Gasteiger partial charge >= 0.3 is 11.9 Å². The standard InChI is InChI=1S/C22H25ClN2O5S/c1-4-9-29-18(26)13-31-21-16(12-24)20(15-7-5-6-8-17(15)23)19(14(2)25-21)22(27)30-11-10-28-3/h5-8,20,25H,4,9-11,13H2,1-3H3. The third-order valence-corrected chi connectivity index (χ3v) is 5.74. The number of carbonyl (C=O) groups is 2. The van der Waals surface area contributed by atoms with Crippen molar-refractivity contribution in [1.29, 1.82) is 5.26 Å². The highest BCUT2D eigenvalue weighted by molar-refractivity contribution is 8.03. The van der Waals surface area contributed by atoms with Gasteiger partial charge in [0.05, 0.1) is 47.1 Å². The van der Waals surface area contributed by atoms with E-state index in [-0.39, 0.29) is 30.5 Å². The van der Waals surface area contributed by atoms with Crippen LogP contribution in [0.15, 0.2) is 46.1 Å². The smallest absolute Gasteiger partial charge is 0.336 e. The molecule has 9 heteroatoms. The highest BCUT2D eigenvalue weighted by Gasteiger charge is 2.36. The van der Waals surface area contributed by atoms with Crippen molar-refractivity contribution >= 4 is 35.3 Å². The number of hydrogen-bond acceptors (Lipinski definition) is 8. The molecule has 1 aromatic rings. The molecule has 0 saturated heterocycles. The molecule has 0 radical (unpaired) electrons. The number of halogens is 1. The van der Waals surface area contributed by atoms with E-state index in [9.17, 15) is 14.9 Å². The van der Waals surface area contributed by atoms with E-state index < -0.39 is 11.9 Å². The summed E-state index contributed by atoms with van der Waals surface area (Å²) >= 11 is 7.58. The first kappa shape index (κ1) is 24.8. The third kappa shape index (κ3) is 6.50. The maximum atomic E-state index is 12.9. The SMILES string of the molecule is CCCOC(=O)CSC1=C(C#N)C(c2ccccc2Cl)C(C(=O)OCCOC)=C(C)N1. The van der Waals surface area contributed by atoms with Gasteiger partial charge in [-0.1, -0.05) is 48.5 Å². The maximum absolute atomic E-state index is 12.9. The molecule has 1 aliphatic rings. The first-order chi connectivity index (χ1) is 14.9. The minimum Gasteiger partial charge on any atom is -0.465 e. The van der Waals surface area contributed by atoms with E-state index >= 15 is 0 Å². The molecule has 1 heterocycles. The minimum atomic E-state index is -0.732. The Labute approximate surface area is 191 Å². The minimum absolute atomic E-state index is 0.0314. The van der Waals surface area contributed by atoms with Gasteiger partial charge in [0.25, 0.3) is 0 Å². The molecule has 0 bridgehead atoms. The molecular weight excluding hydrogens is 440 g/mol. The van der Waals surface area contributed by atoms with Crippen LogP contribution >= 0.6 is 23.4 Å². The summed E-state index contributed by atoms with van der Waals surface area (Å²) in [5.74, 6) is -1.64. The number of benzene rings is 1. The van der Waals surface area contributed by atoms with Crippen LogP contribution in [0.2, 0.25) is 5.02 Å². The molecule has 1 atom stereocenters. The summed E-state index contributed by atoms with van der Waals surface area (Å²) in [6, 6.07) is 9.22. The van der Waals surface area contributed by atoms with E-state index in [1.54, 1.807) is 31.2 Å². The summed E-state index contributed by atoms with van der Waals surface area (Å²) in [7, 11) is 1.51. The Kier molecular flexibility index (Phi) is 9.92. The number of nitrogens with zero attached hydrogens (tertiary/aromatic N) is 1. The molecule has 1 unspecified atom stereocenters. The predicted octanol–water partition coefficient (Wildman–Crippen LogP) is 3.91. The molecule has 0 aliphatic carbocycles. The lowest BCUT2D eigenvalue weighted by molar-refractivity contribution is -0.141. The fourth-order valence-corrected chi connectivity index (χ4v) is 4.14. The van der Waals surface area contributed by atoms with Crippen molar-refractivity contribution in [3.8, 4) is 6.07 Å². The van der Waals surface area contributed by atoms with E-state index in [1.165, 1.54) is 7.11 Å². The van der Waals surface area contributed by atoms with Gasteiger partial charge in [-0.25, -0.2) is 4.79 Å². The summed E-state index contributed by atoms with van der Waals surface area (Å²) in [6.45, 7) is 4.31. The van der Waals surface area contributed by atoms with Gasteiger partial charge in [0.2, 0.25) is 0 Å².